The lowest BCUT2D eigenvalue weighted by molar-refractivity contribution is -0.161. The van der Waals surface area contributed by atoms with Gasteiger partial charge in [0.05, 0.1) is 26.4 Å². The molecule has 0 saturated carbocycles. The van der Waals surface area contributed by atoms with E-state index in [1.54, 1.807) is 0 Å². The maximum Gasteiger partial charge on any atom is 0.472 e. The highest BCUT2D eigenvalue weighted by Gasteiger charge is 2.30. The Morgan fingerprint density at radius 1 is 0.333 bits per heavy atom. The van der Waals surface area contributed by atoms with Crippen molar-refractivity contribution >= 4 is 39.5 Å². The van der Waals surface area contributed by atoms with Gasteiger partial charge in [-0.25, -0.2) is 9.13 Å². The number of aliphatic hydroxyl groups excluding tert-OH is 1. The molecule has 0 aliphatic heterocycles. The molecule has 0 heterocycles. The summed E-state index contributed by atoms with van der Waals surface area (Å²) in [5.41, 5.74) is 0. The Morgan fingerprint density at radius 2 is 0.571 bits per heavy atom. The lowest BCUT2D eigenvalue weighted by atomic mass is 10.00. The molecular weight excluding hydrogens is 1110 g/mol. The van der Waals surface area contributed by atoms with Crippen LogP contribution in [0.5, 0.6) is 0 Å². The lowest BCUT2D eigenvalue weighted by Gasteiger charge is -2.21. The van der Waals surface area contributed by atoms with Crippen molar-refractivity contribution in [1.29, 1.82) is 0 Å². The molecule has 4 unspecified atom stereocenters. The minimum atomic E-state index is -4.95. The zero-order chi connectivity index (χ0) is 62.5. The van der Waals surface area contributed by atoms with Crippen LogP contribution in [0.15, 0.2) is 0 Å². The molecule has 0 aromatic carbocycles. The fourth-order valence-corrected chi connectivity index (χ4v) is 11.2. The molecule has 19 heteroatoms. The Kier molecular flexibility index (Phi) is 53.9. The maximum atomic E-state index is 13.0. The number of phosphoric acid groups is 2. The zero-order valence-electron chi connectivity index (χ0n) is 54.5. The van der Waals surface area contributed by atoms with E-state index < -0.39 is 97.5 Å². The van der Waals surface area contributed by atoms with Gasteiger partial charge < -0.3 is 33.8 Å². The molecule has 498 valence electrons. The van der Waals surface area contributed by atoms with E-state index in [0.717, 1.165) is 108 Å². The van der Waals surface area contributed by atoms with Crippen molar-refractivity contribution in [3.63, 3.8) is 0 Å². The number of unbranched alkanes of at least 4 members (excludes halogenated alkanes) is 27. The van der Waals surface area contributed by atoms with Crippen molar-refractivity contribution in [3.8, 4) is 0 Å². The number of carbonyl (C=O) groups is 4. The molecule has 0 spiro atoms. The number of carbonyl (C=O) groups excluding carboxylic acids is 4. The summed E-state index contributed by atoms with van der Waals surface area (Å²) < 4.78 is 68.0. The van der Waals surface area contributed by atoms with Crippen LogP contribution in [0.3, 0.4) is 0 Å². The van der Waals surface area contributed by atoms with E-state index in [4.69, 9.17) is 37.0 Å². The van der Waals surface area contributed by atoms with Crippen LogP contribution in [0.25, 0.3) is 0 Å². The second kappa shape index (κ2) is 55.2. The summed E-state index contributed by atoms with van der Waals surface area (Å²) in [4.78, 5) is 72.2. The van der Waals surface area contributed by atoms with Crippen molar-refractivity contribution in [1.82, 2.24) is 0 Å². The van der Waals surface area contributed by atoms with Gasteiger partial charge in [-0.1, -0.05) is 261 Å². The predicted octanol–water partition coefficient (Wildman–Crippen LogP) is 17.8. The molecule has 0 aromatic rings. The molecule has 17 nitrogen and oxygen atoms in total. The Labute approximate surface area is 511 Å². The number of esters is 4. The second-order valence-electron chi connectivity index (χ2n) is 25.2. The summed E-state index contributed by atoms with van der Waals surface area (Å²) in [5, 5.41) is 10.5. The average molecular weight is 1240 g/mol. The van der Waals surface area contributed by atoms with Crippen molar-refractivity contribution < 1.29 is 80.2 Å². The van der Waals surface area contributed by atoms with E-state index in [2.05, 4.69) is 55.4 Å². The van der Waals surface area contributed by atoms with Crippen molar-refractivity contribution in [3.05, 3.63) is 0 Å². The molecule has 0 radical (unpaired) electrons. The predicted molar refractivity (Wildman–Crippen MR) is 335 cm³/mol. The topological polar surface area (TPSA) is 237 Å². The Bertz CT molecular complexity index is 1680. The summed E-state index contributed by atoms with van der Waals surface area (Å²) >= 11 is 0. The van der Waals surface area contributed by atoms with Gasteiger partial charge in [-0.3, -0.25) is 37.3 Å². The number of rotatable bonds is 62. The highest BCUT2D eigenvalue weighted by Crippen LogP contribution is 2.45. The van der Waals surface area contributed by atoms with E-state index in [0.29, 0.717) is 37.5 Å². The number of hydrogen-bond acceptors (Lipinski definition) is 15. The van der Waals surface area contributed by atoms with E-state index in [9.17, 15) is 43.2 Å². The zero-order valence-corrected chi connectivity index (χ0v) is 56.3. The van der Waals surface area contributed by atoms with Crippen LogP contribution < -0.4 is 0 Å². The molecule has 0 fully saturated rings. The standard InChI is InChI=1S/C65H126O17P2/c1-9-58(8)44-36-28-23-24-32-40-48-65(70)82-61(52-76-63(68)46-38-30-21-15-18-26-34-42-56(4)5)54-80-84(73,74)78-50-59(66)49-77-83(71,72)79-53-60(81-64(69)47-39-31-22-16-19-27-35-43-57(6)7)51-75-62(67)45-37-29-20-14-12-10-11-13-17-25-33-41-55(2)3/h55-61,66H,9-54H2,1-8H3,(H,71,72)(H,73,74)/t58?,59?,60-,61-/m1/s1. The van der Waals surface area contributed by atoms with Crippen LogP contribution >= 0.6 is 15.6 Å². The van der Waals surface area contributed by atoms with Gasteiger partial charge in [0.1, 0.15) is 19.3 Å². The Balaban J connectivity index is 5.24. The van der Waals surface area contributed by atoms with Crippen LogP contribution in [0, 0.1) is 23.7 Å². The summed E-state index contributed by atoms with van der Waals surface area (Å²) in [6.45, 7) is 13.9. The number of phosphoric ester groups is 2. The van der Waals surface area contributed by atoms with E-state index >= 15 is 0 Å². The van der Waals surface area contributed by atoms with Gasteiger partial charge in [0.2, 0.25) is 0 Å². The summed E-state index contributed by atoms with van der Waals surface area (Å²) in [5.74, 6) is 0.750. The first kappa shape index (κ1) is 82.1. The fraction of sp³-hybridized carbons (Fsp3) is 0.938. The minimum Gasteiger partial charge on any atom is -0.462 e. The first-order chi connectivity index (χ1) is 40.1. The molecular formula is C65H126O17P2. The molecule has 3 N–H and O–H groups in total. The van der Waals surface area contributed by atoms with Crippen LogP contribution in [0.2, 0.25) is 0 Å². The molecule has 0 saturated heterocycles. The van der Waals surface area contributed by atoms with E-state index in [-0.39, 0.29) is 25.7 Å². The quantitative estimate of drug-likeness (QED) is 0.0222. The third-order valence-electron chi connectivity index (χ3n) is 15.2. The first-order valence-electron chi connectivity index (χ1n) is 33.7. The van der Waals surface area contributed by atoms with Crippen LogP contribution in [0.1, 0.15) is 312 Å². The average Bonchev–Trinajstić information content (AvgIpc) is 3.59. The highest BCUT2D eigenvalue weighted by atomic mass is 31.2. The Morgan fingerprint density at radius 3 is 0.845 bits per heavy atom. The van der Waals surface area contributed by atoms with Gasteiger partial charge in [-0.2, -0.15) is 0 Å². The van der Waals surface area contributed by atoms with Gasteiger partial charge in [0.15, 0.2) is 12.2 Å². The number of ether oxygens (including phenoxy) is 4. The SMILES string of the molecule is CCC(C)CCCCCCCCC(=O)O[C@H](COC(=O)CCCCCCCCCC(C)C)COP(=O)(O)OCC(O)COP(=O)(O)OC[C@@H](COC(=O)CCCCCCCCCCCCCC(C)C)OC(=O)CCCCCCCCCC(C)C. The molecule has 0 bridgehead atoms. The summed E-state index contributed by atoms with van der Waals surface area (Å²) in [7, 11) is -9.89. The maximum absolute atomic E-state index is 13.0. The number of aliphatic hydroxyl groups is 1. The monoisotopic (exact) mass is 1240 g/mol. The highest BCUT2D eigenvalue weighted by molar-refractivity contribution is 7.47. The molecule has 6 atom stereocenters. The molecule has 84 heavy (non-hydrogen) atoms. The molecule has 0 aliphatic carbocycles. The minimum absolute atomic E-state index is 0.101. The normalized spacial score (nSPS) is 14.7. The molecule has 0 amide bonds. The third kappa shape index (κ3) is 57.8. The fourth-order valence-electron chi connectivity index (χ4n) is 9.57. The van der Waals surface area contributed by atoms with Crippen molar-refractivity contribution in [2.45, 2.75) is 331 Å². The van der Waals surface area contributed by atoms with E-state index in [1.165, 1.54) is 109 Å². The summed E-state index contributed by atoms with van der Waals surface area (Å²) in [6, 6.07) is 0. The smallest absolute Gasteiger partial charge is 0.462 e. The Hall–Kier alpha value is -1.94. The van der Waals surface area contributed by atoms with Crippen molar-refractivity contribution in [2.24, 2.45) is 23.7 Å². The summed E-state index contributed by atoms with van der Waals surface area (Å²) in [6.07, 6.45) is 35.0. The van der Waals surface area contributed by atoms with Crippen molar-refractivity contribution in [2.75, 3.05) is 39.6 Å². The van der Waals surface area contributed by atoms with Gasteiger partial charge in [-0.05, 0) is 49.4 Å². The molecule has 0 rings (SSSR count). The van der Waals surface area contributed by atoms with Gasteiger partial charge in [-0.15, -0.1) is 0 Å². The molecule has 0 aromatic heterocycles. The molecule has 0 aliphatic rings. The van der Waals surface area contributed by atoms with Gasteiger partial charge >= 0.3 is 39.5 Å². The largest absolute Gasteiger partial charge is 0.472 e. The van der Waals surface area contributed by atoms with E-state index in [1.807, 2.05) is 0 Å². The lowest BCUT2D eigenvalue weighted by Crippen LogP contribution is -2.30. The third-order valence-corrected chi connectivity index (χ3v) is 17.1. The second-order valence-corrected chi connectivity index (χ2v) is 28.1. The number of hydrogen-bond donors (Lipinski definition) is 3. The van der Waals surface area contributed by atoms with Crippen LogP contribution in [0.4, 0.5) is 0 Å². The van der Waals surface area contributed by atoms with Crippen LogP contribution in [-0.2, 0) is 65.4 Å². The van der Waals surface area contributed by atoms with Crippen LogP contribution in [-0.4, -0.2) is 96.7 Å². The first-order valence-corrected chi connectivity index (χ1v) is 36.7. The van der Waals surface area contributed by atoms with Gasteiger partial charge in [0.25, 0.3) is 0 Å². The van der Waals surface area contributed by atoms with Gasteiger partial charge in [0, 0.05) is 25.7 Å².